The molecule has 11 heteroatoms. The molecule has 158 valence electrons. The second-order valence-electron chi connectivity index (χ2n) is 6.23. The molecule has 0 spiro atoms. The van der Waals surface area contributed by atoms with Gasteiger partial charge in [0.05, 0.1) is 11.1 Å². The van der Waals surface area contributed by atoms with Crippen molar-refractivity contribution >= 4 is 21.9 Å². The third-order valence-electron chi connectivity index (χ3n) is 4.03. The second-order valence-corrected chi connectivity index (χ2v) is 7.08. The molecule has 0 unspecified atom stereocenters. The molecule has 2 aromatic carbocycles. The Kier molecular flexibility index (Phi) is 6.03. The molecule has 0 saturated carbocycles. The fourth-order valence-electron chi connectivity index (χ4n) is 2.62. The van der Waals surface area contributed by atoms with Crippen LogP contribution in [0.3, 0.4) is 0 Å². The zero-order chi connectivity index (χ0) is 21.8. The third kappa shape index (κ3) is 4.94. The Balaban J connectivity index is 1.46. The van der Waals surface area contributed by atoms with E-state index in [1.807, 2.05) is 0 Å². The van der Waals surface area contributed by atoms with Crippen LogP contribution in [0.15, 0.2) is 57.5 Å². The first-order valence-electron chi connectivity index (χ1n) is 9.15. The predicted molar refractivity (Wildman–Crippen MR) is 110 cm³/mol. The van der Waals surface area contributed by atoms with E-state index >= 15 is 0 Å². The molecule has 0 radical (unpaired) electrons. The molecule has 0 aliphatic heterocycles. The van der Waals surface area contributed by atoms with Gasteiger partial charge in [-0.2, -0.15) is 4.80 Å². The lowest BCUT2D eigenvalue weighted by atomic mass is 10.1. The summed E-state index contributed by atoms with van der Waals surface area (Å²) in [6.45, 7) is 1.84. The fourth-order valence-corrected chi connectivity index (χ4v) is 2.95. The minimum atomic E-state index is -0.461. The zero-order valence-electron chi connectivity index (χ0n) is 16.2. The van der Waals surface area contributed by atoms with E-state index in [4.69, 9.17) is 14.0 Å². The van der Waals surface area contributed by atoms with Crippen molar-refractivity contribution in [1.29, 1.82) is 0 Å². The summed E-state index contributed by atoms with van der Waals surface area (Å²) in [5.74, 6) is 0.541. The normalized spacial score (nSPS) is 10.8. The number of aromatic nitrogens is 5. The Labute approximate surface area is 183 Å². The first-order chi connectivity index (χ1) is 15.0. The first kappa shape index (κ1) is 20.7. The first-order valence-corrected chi connectivity index (χ1v) is 9.95. The van der Waals surface area contributed by atoms with E-state index in [1.165, 1.54) is 12.1 Å². The maximum atomic E-state index is 13.4. The van der Waals surface area contributed by atoms with Crippen LogP contribution in [-0.4, -0.2) is 37.9 Å². The highest BCUT2D eigenvalue weighted by Crippen LogP contribution is 2.32. The van der Waals surface area contributed by atoms with Crippen LogP contribution < -0.4 is 4.74 Å². The van der Waals surface area contributed by atoms with E-state index < -0.39 is 11.8 Å². The highest BCUT2D eigenvalue weighted by atomic mass is 79.9. The molecule has 4 rings (SSSR count). The lowest BCUT2D eigenvalue weighted by molar-refractivity contribution is -0.144. The van der Waals surface area contributed by atoms with E-state index in [0.717, 1.165) is 10.4 Å². The lowest BCUT2D eigenvalue weighted by Gasteiger charge is -2.08. The van der Waals surface area contributed by atoms with Crippen LogP contribution in [0.4, 0.5) is 4.39 Å². The summed E-state index contributed by atoms with van der Waals surface area (Å²) in [5, 5.41) is 15.8. The van der Waals surface area contributed by atoms with Crippen LogP contribution in [0.25, 0.3) is 22.8 Å². The van der Waals surface area contributed by atoms with Gasteiger partial charge in [-0.25, -0.2) is 9.18 Å². The predicted octanol–water partition coefficient (Wildman–Crippen LogP) is 4.25. The molecule has 0 aliphatic carbocycles. The SMILES string of the molecule is CCOC(=O)Cn1nnc(-c2cc(-c3ccc(Oc4cc(F)ccc4Br)cc3)no2)n1. The highest BCUT2D eigenvalue weighted by Gasteiger charge is 2.15. The van der Waals surface area contributed by atoms with Gasteiger partial charge in [0, 0.05) is 17.7 Å². The molecule has 0 bridgehead atoms. The van der Waals surface area contributed by atoms with Crippen LogP contribution in [0.1, 0.15) is 6.92 Å². The van der Waals surface area contributed by atoms with Gasteiger partial charge in [-0.3, -0.25) is 0 Å². The van der Waals surface area contributed by atoms with Gasteiger partial charge in [0.15, 0.2) is 6.54 Å². The Morgan fingerprint density at radius 3 is 2.77 bits per heavy atom. The van der Waals surface area contributed by atoms with Crippen molar-refractivity contribution in [3.05, 3.63) is 58.8 Å². The second kappa shape index (κ2) is 9.04. The van der Waals surface area contributed by atoms with E-state index in [0.29, 0.717) is 27.4 Å². The van der Waals surface area contributed by atoms with Crippen LogP contribution in [0.2, 0.25) is 0 Å². The molecule has 4 aromatic rings. The van der Waals surface area contributed by atoms with E-state index in [-0.39, 0.29) is 19.0 Å². The standard InChI is InChI=1S/C20H15BrFN5O4/c1-2-29-19(28)11-27-24-20(23-26-27)18-10-16(25-31-18)12-3-6-14(7-4-12)30-17-9-13(22)5-8-15(17)21/h3-10H,2,11H2,1H3. The summed E-state index contributed by atoms with van der Waals surface area (Å²) in [5.41, 5.74) is 1.31. The summed E-state index contributed by atoms with van der Waals surface area (Å²) in [6.07, 6.45) is 0. The topological polar surface area (TPSA) is 105 Å². The van der Waals surface area contributed by atoms with Gasteiger partial charge >= 0.3 is 5.97 Å². The quantitative estimate of drug-likeness (QED) is 0.356. The number of esters is 1. The van der Waals surface area contributed by atoms with Crippen molar-refractivity contribution in [1.82, 2.24) is 25.4 Å². The molecule has 0 saturated heterocycles. The fraction of sp³-hybridized carbons (Fsp3) is 0.150. The maximum Gasteiger partial charge on any atom is 0.329 e. The Morgan fingerprint density at radius 2 is 2.00 bits per heavy atom. The van der Waals surface area contributed by atoms with E-state index in [9.17, 15) is 9.18 Å². The third-order valence-corrected chi connectivity index (χ3v) is 4.69. The van der Waals surface area contributed by atoms with Crippen molar-refractivity contribution in [2.24, 2.45) is 0 Å². The summed E-state index contributed by atoms with van der Waals surface area (Å²) in [4.78, 5) is 12.6. The molecule has 0 amide bonds. The minimum Gasteiger partial charge on any atom is -0.465 e. The van der Waals surface area contributed by atoms with Crippen molar-refractivity contribution in [3.8, 4) is 34.3 Å². The van der Waals surface area contributed by atoms with Gasteiger partial charge in [0.1, 0.15) is 23.0 Å². The van der Waals surface area contributed by atoms with Gasteiger partial charge in [-0.1, -0.05) is 5.16 Å². The van der Waals surface area contributed by atoms with E-state index in [2.05, 4.69) is 36.5 Å². The zero-order valence-corrected chi connectivity index (χ0v) is 17.7. The average Bonchev–Trinajstić information content (AvgIpc) is 3.41. The number of rotatable bonds is 7. The number of hydrogen-bond acceptors (Lipinski definition) is 8. The molecule has 9 nitrogen and oxygen atoms in total. The lowest BCUT2D eigenvalue weighted by Crippen LogP contribution is -2.15. The van der Waals surface area contributed by atoms with Crippen LogP contribution in [0, 0.1) is 5.82 Å². The molecule has 31 heavy (non-hydrogen) atoms. The van der Waals surface area contributed by atoms with Crippen molar-refractivity contribution in [3.63, 3.8) is 0 Å². The molecule has 0 aliphatic rings. The molecular formula is C20H15BrFN5O4. The molecular weight excluding hydrogens is 473 g/mol. The number of carbonyl (C=O) groups excluding carboxylic acids is 1. The molecule has 0 fully saturated rings. The van der Waals surface area contributed by atoms with Gasteiger partial charge in [0.2, 0.25) is 11.6 Å². The number of carbonyl (C=O) groups is 1. The largest absolute Gasteiger partial charge is 0.465 e. The smallest absolute Gasteiger partial charge is 0.329 e. The van der Waals surface area contributed by atoms with Crippen molar-refractivity contribution < 1.29 is 23.2 Å². The minimum absolute atomic E-state index is 0.148. The van der Waals surface area contributed by atoms with Crippen molar-refractivity contribution in [2.45, 2.75) is 13.5 Å². The van der Waals surface area contributed by atoms with Crippen molar-refractivity contribution in [2.75, 3.05) is 6.61 Å². The highest BCUT2D eigenvalue weighted by molar-refractivity contribution is 9.10. The van der Waals surface area contributed by atoms with Gasteiger partial charge in [-0.05, 0) is 64.5 Å². The molecule has 0 atom stereocenters. The van der Waals surface area contributed by atoms with Crippen LogP contribution >= 0.6 is 15.9 Å². The number of nitrogens with zero attached hydrogens (tertiary/aromatic N) is 5. The Morgan fingerprint density at radius 1 is 1.19 bits per heavy atom. The number of benzene rings is 2. The van der Waals surface area contributed by atoms with Gasteiger partial charge in [-0.15, -0.1) is 10.2 Å². The van der Waals surface area contributed by atoms with E-state index in [1.54, 1.807) is 43.3 Å². The molecule has 2 heterocycles. The summed E-state index contributed by atoms with van der Waals surface area (Å²) in [6, 6.07) is 12.9. The molecule has 0 N–H and O–H groups in total. The number of ether oxygens (including phenoxy) is 2. The number of hydrogen-bond donors (Lipinski definition) is 0. The summed E-state index contributed by atoms with van der Waals surface area (Å²) >= 11 is 3.33. The van der Waals surface area contributed by atoms with Gasteiger partial charge < -0.3 is 14.0 Å². The monoisotopic (exact) mass is 487 g/mol. The summed E-state index contributed by atoms with van der Waals surface area (Å²) < 4.78 is 29.9. The number of tetrazole rings is 1. The summed E-state index contributed by atoms with van der Waals surface area (Å²) in [7, 11) is 0. The Bertz CT molecular complexity index is 1210. The molecule has 2 aromatic heterocycles. The number of halogens is 2. The van der Waals surface area contributed by atoms with Crippen LogP contribution in [-0.2, 0) is 16.1 Å². The van der Waals surface area contributed by atoms with Crippen LogP contribution in [0.5, 0.6) is 11.5 Å². The van der Waals surface area contributed by atoms with Gasteiger partial charge in [0.25, 0.3) is 0 Å². The average molecular weight is 488 g/mol. The maximum absolute atomic E-state index is 13.4. The Hall–Kier alpha value is -3.60.